The fourth-order valence-electron chi connectivity index (χ4n) is 1.65. The number of carboxylic acid groups (broad SMARTS) is 1. The highest BCUT2D eigenvalue weighted by molar-refractivity contribution is 7.90. The third-order valence-electron chi connectivity index (χ3n) is 3.15. The lowest BCUT2D eigenvalue weighted by molar-refractivity contribution is -0.143. The lowest BCUT2D eigenvalue weighted by Gasteiger charge is -2.29. The number of sulfonamides is 1. The van der Waals surface area contributed by atoms with Crippen LogP contribution in [-0.2, 0) is 19.6 Å². The van der Waals surface area contributed by atoms with Crippen LogP contribution in [0.4, 0.5) is 0 Å². The third-order valence-corrected chi connectivity index (χ3v) is 5.24. The molecule has 2 N–H and O–H groups in total. The number of rotatable bonds is 5. The molecule has 17 heavy (non-hydrogen) atoms. The standard InChI is InChI=1S/C10H19NO5S/c1-3-10(2,9(12)13)11-17(14,15)8-4-6-16-7-5-8/h8,11H,3-7H2,1-2H3,(H,12,13). The van der Waals surface area contributed by atoms with Crippen LogP contribution in [-0.4, -0.2) is 43.5 Å². The lowest BCUT2D eigenvalue weighted by Crippen LogP contribution is -2.54. The highest BCUT2D eigenvalue weighted by Crippen LogP contribution is 2.19. The van der Waals surface area contributed by atoms with Crippen LogP contribution in [0.2, 0.25) is 0 Å². The van der Waals surface area contributed by atoms with E-state index in [0.29, 0.717) is 26.1 Å². The fourth-order valence-corrected chi connectivity index (χ4v) is 3.49. The molecule has 0 amide bonds. The summed E-state index contributed by atoms with van der Waals surface area (Å²) in [6, 6.07) is 0. The molecule has 0 aromatic rings. The van der Waals surface area contributed by atoms with Crippen molar-refractivity contribution in [3.8, 4) is 0 Å². The Morgan fingerprint density at radius 1 is 1.47 bits per heavy atom. The van der Waals surface area contributed by atoms with Crippen LogP contribution >= 0.6 is 0 Å². The van der Waals surface area contributed by atoms with Crippen molar-refractivity contribution in [2.45, 2.75) is 43.9 Å². The van der Waals surface area contributed by atoms with Gasteiger partial charge >= 0.3 is 5.97 Å². The number of hydrogen-bond donors (Lipinski definition) is 2. The molecule has 1 rings (SSSR count). The molecule has 0 aliphatic carbocycles. The monoisotopic (exact) mass is 265 g/mol. The van der Waals surface area contributed by atoms with Crippen LogP contribution < -0.4 is 4.72 Å². The number of carboxylic acids is 1. The first-order chi connectivity index (χ1) is 7.82. The van der Waals surface area contributed by atoms with Gasteiger partial charge in [0.1, 0.15) is 5.54 Å². The molecule has 0 aromatic carbocycles. The van der Waals surface area contributed by atoms with Crippen LogP contribution in [0.25, 0.3) is 0 Å². The van der Waals surface area contributed by atoms with E-state index in [1.165, 1.54) is 6.92 Å². The highest BCUT2D eigenvalue weighted by Gasteiger charge is 2.39. The van der Waals surface area contributed by atoms with E-state index < -0.39 is 26.8 Å². The molecule has 0 radical (unpaired) electrons. The van der Waals surface area contributed by atoms with Crippen LogP contribution in [0.1, 0.15) is 33.1 Å². The van der Waals surface area contributed by atoms with E-state index in [2.05, 4.69) is 4.72 Å². The van der Waals surface area contributed by atoms with Crippen molar-refractivity contribution in [2.75, 3.05) is 13.2 Å². The maximum absolute atomic E-state index is 12.0. The molecular weight excluding hydrogens is 246 g/mol. The molecule has 1 unspecified atom stereocenters. The minimum Gasteiger partial charge on any atom is -0.480 e. The van der Waals surface area contributed by atoms with Gasteiger partial charge in [-0.15, -0.1) is 0 Å². The van der Waals surface area contributed by atoms with Gasteiger partial charge in [0, 0.05) is 13.2 Å². The topological polar surface area (TPSA) is 92.7 Å². The minimum atomic E-state index is -3.61. The molecule has 1 fully saturated rings. The second-order valence-corrected chi connectivity index (χ2v) is 6.41. The van der Waals surface area contributed by atoms with Gasteiger partial charge < -0.3 is 9.84 Å². The van der Waals surface area contributed by atoms with E-state index in [4.69, 9.17) is 9.84 Å². The average Bonchev–Trinajstić information content (AvgIpc) is 2.29. The zero-order valence-electron chi connectivity index (χ0n) is 10.1. The van der Waals surface area contributed by atoms with Gasteiger partial charge in [0.05, 0.1) is 5.25 Å². The maximum atomic E-state index is 12.0. The summed E-state index contributed by atoms with van der Waals surface area (Å²) in [6.07, 6.45) is 1.02. The van der Waals surface area contributed by atoms with Gasteiger partial charge in [0.25, 0.3) is 0 Å². The van der Waals surface area contributed by atoms with Gasteiger partial charge in [-0.3, -0.25) is 4.79 Å². The average molecular weight is 265 g/mol. The molecule has 1 atom stereocenters. The summed E-state index contributed by atoms with van der Waals surface area (Å²) >= 11 is 0. The van der Waals surface area contributed by atoms with Crippen molar-refractivity contribution in [3.05, 3.63) is 0 Å². The Labute approximate surface area is 101 Å². The largest absolute Gasteiger partial charge is 0.480 e. The Morgan fingerprint density at radius 3 is 2.41 bits per heavy atom. The molecule has 1 saturated heterocycles. The summed E-state index contributed by atoms with van der Waals surface area (Å²) in [5.41, 5.74) is -1.43. The number of hydrogen-bond acceptors (Lipinski definition) is 4. The van der Waals surface area contributed by atoms with E-state index in [9.17, 15) is 13.2 Å². The molecule has 1 heterocycles. The summed E-state index contributed by atoms with van der Waals surface area (Å²) in [4.78, 5) is 11.1. The molecule has 0 aromatic heterocycles. The quantitative estimate of drug-likeness (QED) is 0.747. The van der Waals surface area contributed by atoms with Crippen molar-refractivity contribution in [2.24, 2.45) is 0 Å². The van der Waals surface area contributed by atoms with E-state index in [1.807, 2.05) is 0 Å². The smallest absolute Gasteiger partial charge is 0.324 e. The van der Waals surface area contributed by atoms with Gasteiger partial charge in [0.2, 0.25) is 10.0 Å². The summed E-state index contributed by atoms with van der Waals surface area (Å²) in [5.74, 6) is -1.16. The van der Waals surface area contributed by atoms with E-state index >= 15 is 0 Å². The zero-order valence-corrected chi connectivity index (χ0v) is 10.9. The van der Waals surface area contributed by atoms with Crippen molar-refractivity contribution in [1.82, 2.24) is 4.72 Å². The molecule has 1 aliphatic rings. The van der Waals surface area contributed by atoms with Crippen molar-refractivity contribution in [3.63, 3.8) is 0 Å². The first-order valence-electron chi connectivity index (χ1n) is 5.66. The second kappa shape index (κ2) is 5.32. The fraction of sp³-hybridized carbons (Fsp3) is 0.900. The van der Waals surface area contributed by atoms with Gasteiger partial charge in [-0.1, -0.05) is 6.92 Å². The van der Waals surface area contributed by atoms with Crippen molar-refractivity contribution >= 4 is 16.0 Å². The second-order valence-electron chi connectivity index (χ2n) is 4.45. The molecule has 7 heteroatoms. The predicted molar refractivity (Wildman–Crippen MR) is 62.2 cm³/mol. The maximum Gasteiger partial charge on any atom is 0.324 e. The Balaban J connectivity index is 2.80. The number of carbonyl (C=O) groups is 1. The molecule has 1 aliphatic heterocycles. The minimum absolute atomic E-state index is 0.199. The predicted octanol–water partition coefficient (Wildman–Crippen LogP) is 0.338. The summed E-state index contributed by atoms with van der Waals surface area (Å²) in [7, 11) is -3.61. The first-order valence-corrected chi connectivity index (χ1v) is 7.20. The van der Waals surface area contributed by atoms with Gasteiger partial charge in [-0.05, 0) is 26.2 Å². The zero-order chi connectivity index (χ0) is 13.1. The normalized spacial score (nSPS) is 22.0. The van der Waals surface area contributed by atoms with Gasteiger partial charge in [-0.2, -0.15) is 4.72 Å². The highest BCUT2D eigenvalue weighted by atomic mass is 32.2. The first kappa shape index (κ1) is 14.4. The van der Waals surface area contributed by atoms with E-state index in [0.717, 1.165) is 0 Å². The van der Waals surface area contributed by atoms with Crippen LogP contribution in [0, 0.1) is 0 Å². The summed E-state index contributed by atoms with van der Waals surface area (Å²) in [6.45, 7) is 3.83. The van der Waals surface area contributed by atoms with E-state index in [-0.39, 0.29) is 6.42 Å². The SMILES string of the molecule is CCC(C)(NS(=O)(=O)C1CCOCC1)C(=O)O. The lowest BCUT2D eigenvalue weighted by atomic mass is 10.0. The molecular formula is C10H19NO5S. The van der Waals surface area contributed by atoms with Crippen LogP contribution in [0.15, 0.2) is 0 Å². The molecule has 0 spiro atoms. The summed E-state index contributed by atoms with van der Waals surface area (Å²) in [5, 5.41) is 8.49. The van der Waals surface area contributed by atoms with Gasteiger partial charge in [-0.25, -0.2) is 8.42 Å². The van der Waals surface area contributed by atoms with Crippen LogP contribution in [0.5, 0.6) is 0 Å². The van der Waals surface area contributed by atoms with E-state index in [1.54, 1.807) is 6.92 Å². The number of ether oxygens (including phenoxy) is 1. The van der Waals surface area contributed by atoms with Crippen molar-refractivity contribution < 1.29 is 23.1 Å². The molecule has 100 valence electrons. The van der Waals surface area contributed by atoms with Crippen LogP contribution in [0.3, 0.4) is 0 Å². The number of aliphatic carboxylic acids is 1. The Bertz CT molecular complexity index is 374. The molecule has 0 saturated carbocycles. The third kappa shape index (κ3) is 3.40. The van der Waals surface area contributed by atoms with Crippen molar-refractivity contribution in [1.29, 1.82) is 0 Å². The Hall–Kier alpha value is -0.660. The number of nitrogens with one attached hydrogen (secondary N) is 1. The Morgan fingerprint density at radius 2 is 2.00 bits per heavy atom. The Kier molecular flexibility index (Phi) is 4.51. The van der Waals surface area contributed by atoms with Gasteiger partial charge in [0.15, 0.2) is 0 Å². The summed E-state index contributed by atoms with van der Waals surface area (Å²) < 4.78 is 31.5. The molecule has 6 nitrogen and oxygen atoms in total. The molecule has 0 bridgehead atoms.